The highest BCUT2D eigenvalue weighted by Crippen LogP contribution is 2.07. The zero-order valence-electron chi connectivity index (χ0n) is 9.22. The lowest BCUT2D eigenvalue weighted by Gasteiger charge is -2.34. The number of amides is 1. The molecule has 1 unspecified atom stereocenters. The summed E-state index contributed by atoms with van der Waals surface area (Å²) in [5, 5.41) is 5.90. The first-order valence-electron chi connectivity index (χ1n) is 5.11. The molecule has 4 nitrogen and oxygen atoms in total. The Morgan fingerprint density at radius 3 is 3.07 bits per heavy atom. The third-order valence-electron chi connectivity index (χ3n) is 2.54. The van der Waals surface area contributed by atoms with Gasteiger partial charge < -0.3 is 10.6 Å². The Kier molecular flexibility index (Phi) is 5.08. The van der Waals surface area contributed by atoms with Crippen LogP contribution in [0.4, 0.5) is 0 Å². The second kappa shape index (κ2) is 6.10. The van der Waals surface area contributed by atoms with Crippen LogP contribution < -0.4 is 10.6 Å². The summed E-state index contributed by atoms with van der Waals surface area (Å²) in [5.41, 5.74) is 2.65. The van der Waals surface area contributed by atoms with Crippen molar-refractivity contribution in [2.75, 3.05) is 33.2 Å². The van der Waals surface area contributed by atoms with Gasteiger partial charge in [-0.15, -0.1) is 0 Å². The second-order valence-corrected chi connectivity index (χ2v) is 3.98. The molecule has 0 aromatic carbocycles. The van der Waals surface area contributed by atoms with Crippen LogP contribution in [0.5, 0.6) is 0 Å². The molecule has 0 aliphatic carbocycles. The highest BCUT2D eigenvalue weighted by atomic mass is 35.5. The minimum absolute atomic E-state index is 0.0598. The van der Waals surface area contributed by atoms with E-state index in [4.69, 9.17) is 11.6 Å². The summed E-state index contributed by atoms with van der Waals surface area (Å²) < 4.78 is 0. The Balaban J connectivity index is 2.61. The second-order valence-electron chi connectivity index (χ2n) is 3.76. The number of nitrogens with one attached hydrogen (secondary N) is 2. The molecule has 86 valence electrons. The van der Waals surface area contributed by atoms with Crippen LogP contribution in [-0.4, -0.2) is 50.1 Å². The van der Waals surface area contributed by atoms with Crippen molar-refractivity contribution in [2.24, 2.45) is 0 Å². The van der Waals surface area contributed by atoms with E-state index in [9.17, 15) is 4.79 Å². The average Bonchev–Trinajstić information content (AvgIpc) is 2.28. The van der Waals surface area contributed by atoms with Gasteiger partial charge in [-0.2, -0.15) is 0 Å². The van der Waals surface area contributed by atoms with Gasteiger partial charge in [0.25, 0.3) is 0 Å². The molecule has 1 saturated heterocycles. The van der Waals surface area contributed by atoms with Gasteiger partial charge in [0.15, 0.2) is 0 Å². The van der Waals surface area contributed by atoms with Crippen LogP contribution in [0.15, 0.2) is 11.1 Å². The number of hydrogen-bond acceptors (Lipinski definition) is 3. The zero-order chi connectivity index (χ0) is 11.3. The minimum Gasteiger partial charge on any atom is -0.358 e. The van der Waals surface area contributed by atoms with Gasteiger partial charge in [-0.1, -0.05) is 11.6 Å². The van der Waals surface area contributed by atoms with E-state index in [1.807, 2.05) is 6.92 Å². The van der Waals surface area contributed by atoms with Crippen LogP contribution in [0, 0.1) is 0 Å². The molecule has 1 fully saturated rings. The zero-order valence-corrected chi connectivity index (χ0v) is 9.97. The maximum Gasteiger partial charge on any atom is 0.238 e. The van der Waals surface area contributed by atoms with Crippen molar-refractivity contribution < 1.29 is 4.79 Å². The van der Waals surface area contributed by atoms with Crippen LogP contribution in [0.3, 0.4) is 0 Å². The molecule has 1 aliphatic heterocycles. The maximum atomic E-state index is 11.6. The van der Waals surface area contributed by atoms with Gasteiger partial charge >= 0.3 is 0 Å². The van der Waals surface area contributed by atoms with Gasteiger partial charge in [0.05, 0.1) is 0 Å². The first-order chi connectivity index (χ1) is 7.19. The fourth-order valence-electron chi connectivity index (χ4n) is 1.72. The molecule has 5 heteroatoms. The number of halogens is 1. The number of carbonyl (C=O) groups excluding carboxylic acids is 1. The average molecular weight is 232 g/mol. The fourth-order valence-corrected chi connectivity index (χ4v) is 1.78. The summed E-state index contributed by atoms with van der Waals surface area (Å²) in [6.07, 6.45) is 0. The summed E-state index contributed by atoms with van der Waals surface area (Å²) in [6, 6.07) is -0.0877. The Hall–Kier alpha value is -0.580. The van der Waals surface area contributed by atoms with Crippen molar-refractivity contribution in [2.45, 2.75) is 13.0 Å². The highest BCUT2D eigenvalue weighted by Gasteiger charge is 2.27. The van der Waals surface area contributed by atoms with Crippen molar-refractivity contribution in [1.82, 2.24) is 15.5 Å². The Morgan fingerprint density at radius 1 is 1.73 bits per heavy atom. The van der Waals surface area contributed by atoms with E-state index in [1.54, 1.807) is 12.6 Å². The van der Waals surface area contributed by atoms with Crippen LogP contribution >= 0.6 is 11.6 Å². The number of piperazine rings is 1. The molecule has 1 amide bonds. The quantitative estimate of drug-likeness (QED) is 0.727. The molecule has 0 bridgehead atoms. The van der Waals surface area contributed by atoms with Crippen molar-refractivity contribution in [3.63, 3.8) is 0 Å². The van der Waals surface area contributed by atoms with Crippen molar-refractivity contribution in [1.29, 1.82) is 0 Å². The molecule has 0 aromatic rings. The molecule has 0 aromatic heterocycles. The number of nitrogens with zero attached hydrogens (tertiary/aromatic N) is 1. The molecular formula is C10H18ClN3O. The third kappa shape index (κ3) is 3.48. The molecule has 1 aliphatic rings. The molecule has 0 spiro atoms. The number of likely N-dealkylation sites (N-methyl/N-ethyl adjacent to an activating group) is 1. The van der Waals surface area contributed by atoms with E-state index in [2.05, 4.69) is 15.5 Å². The summed E-state index contributed by atoms with van der Waals surface area (Å²) in [6.45, 7) is 5.22. The smallest absolute Gasteiger partial charge is 0.238 e. The van der Waals surface area contributed by atoms with E-state index in [0.717, 1.165) is 25.2 Å². The Labute approximate surface area is 95.7 Å². The van der Waals surface area contributed by atoms with Crippen LogP contribution in [0.1, 0.15) is 6.92 Å². The Bertz CT molecular complexity index is 255. The molecule has 0 radical (unpaired) electrons. The molecule has 1 rings (SSSR count). The molecule has 15 heavy (non-hydrogen) atoms. The predicted octanol–water partition coefficient (Wildman–Crippen LogP) is 0.149. The number of carbonyl (C=O) groups is 1. The highest BCUT2D eigenvalue weighted by molar-refractivity contribution is 6.25. The first-order valence-corrected chi connectivity index (χ1v) is 5.55. The summed E-state index contributed by atoms with van der Waals surface area (Å²) >= 11 is 5.63. The largest absolute Gasteiger partial charge is 0.358 e. The minimum atomic E-state index is -0.0877. The van der Waals surface area contributed by atoms with E-state index in [0.29, 0.717) is 6.54 Å². The van der Waals surface area contributed by atoms with Crippen molar-refractivity contribution in [3.8, 4) is 0 Å². The number of hydrogen-bond donors (Lipinski definition) is 2. The standard InChI is InChI=1S/C10H18ClN3O/c1-8(5-11)7-14-4-3-13-6-9(14)10(15)12-2/h5,9,13H,3-4,6-7H2,1-2H3,(H,12,15). The molecule has 1 heterocycles. The predicted molar refractivity (Wildman–Crippen MR) is 61.9 cm³/mol. The number of rotatable bonds is 3. The van der Waals surface area contributed by atoms with Gasteiger partial charge in [0.2, 0.25) is 5.91 Å². The topological polar surface area (TPSA) is 44.4 Å². The van der Waals surface area contributed by atoms with Crippen molar-refractivity contribution >= 4 is 17.5 Å². The van der Waals surface area contributed by atoms with Gasteiger partial charge in [-0.05, 0) is 12.5 Å². The van der Waals surface area contributed by atoms with E-state index in [-0.39, 0.29) is 11.9 Å². The summed E-state index contributed by atoms with van der Waals surface area (Å²) in [7, 11) is 1.67. The van der Waals surface area contributed by atoms with Crippen LogP contribution in [0.25, 0.3) is 0 Å². The molecule has 1 atom stereocenters. The van der Waals surface area contributed by atoms with E-state index >= 15 is 0 Å². The monoisotopic (exact) mass is 231 g/mol. The lowest BCUT2D eigenvalue weighted by molar-refractivity contribution is -0.126. The maximum absolute atomic E-state index is 11.6. The summed E-state index contributed by atoms with van der Waals surface area (Å²) in [4.78, 5) is 13.7. The van der Waals surface area contributed by atoms with E-state index < -0.39 is 0 Å². The third-order valence-corrected chi connectivity index (χ3v) is 2.91. The van der Waals surface area contributed by atoms with Crippen LogP contribution in [-0.2, 0) is 4.79 Å². The van der Waals surface area contributed by atoms with Crippen LogP contribution in [0.2, 0.25) is 0 Å². The SMILES string of the molecule is CNC(=O)C1CNCCN1CC(C)=CCl. The van der Waals surface area contributed by atoms with Crippen molar-refractivity contribution in [3.05, 3.63) is 11.1 Å². The lowest BCUT2D eigenvalue weighted by atomic mass is 10.1. The fraction of sp³-hybridized carbons (Fsp3) is 0.700. The Morgan fingerprint density at radius 2 is 2.47 bits per heavy atom. The van der Waals surface area contributed by atoms with Gasteiger partial charge in [0.1, 0.15) is 6.04 Å². The van der Waals surface area contributed by atoms with Gasteiger partial charge in [-0.3, -0.25) is 9.69 Å². The first kappa shape index (κ1) is 12.5. The normalized spacial score (nSPS) is 23.9. The summed E-state index contributed by atoms with van der Waals surface area (Å²) in [5.74, 6) is 0.0598. The van der Waals surface area contributed by atoms with E-state index in [1.165, 1.54) is 0 Å². The molecule has 2 N–H and O–H groups in total. The van der Waals surface area contributed by atoms with Gasteiger partial charge in [0, 0.05) is 38.8 Å². The lowest BCUT2D eigenvalue weighted by Crippen LogP contribution is -2.57. The van der Waals surface area contributed by atoms with Gasteiger partial charge in [-0.25, -0.2) is 0 Å². The molecule has 0 saturated carbocycles. The molecular weight excluding hydrogens is 214 g/mol.